The summed E-state index contributed by atoms with van der Waals surface area (Å²) >= 11 is 3.21. The van der Waals surface area contributed by atoms with E-state index < -0.39 is 5.82 Å². The van der Waals surface area contributed by atoms with Gasteiger partial charge < -0.3 is 16.2 Å². The van der Waals surface area contributed by atoms with Gasteiger partial charge in [-0.3, -0.25) is 0 Å². The zero-order valence-corrected chi connectivity index (χ0v) is 13.2. The largest absolute Gasteiger partial charge is 0.495 e. The molecule has 0 amide bonds. The summed E-state index contributed by atoms with van der Waals surface area (Å²) < 4.78 is 19.9. The van der Waals surface area contributed by atoms with Gasteiger partial charge in [-0.1, -0.05) is 15.9 Å². The Morgan fingerprint density at radius 3 is 2.59 bits per heavy atom. The van der Waals surface area contributed by atoms with Gasteiger partial charge in [0, 0.05) is 15.9 Å². The number of methoxy groups -OCH3 is 1. The van der Waals surface area contributed by atoms with Gasteiger partial charge in [0.25, 0.3) is 0 Å². The molecule has 4 N–H and O–H groups in total. The predicted molar refractivity (Wildman–Crippen MR) is 88.0 cm³/mol. The molecule has 3 rings (SSSR count). The lowest BCUT2D eigenvalue weighted by molar-refractivity contribution is 0.417. The smallest absolute Gasteiger partial charge is 0.165 e. The number of nitrogen functional groups attached to an aromatic ring is 2. The number of anilines is 2. The number of aromatic nitrogens is 2. The molecule has 0 aliphatic rings. The fourth-order valence-electron chi connectivity index (χ4n) is 2.16. The van der Waals surface area contributed by atoms with Crippen LogP contribution in [0.15, 0.2) is 34.8 Å². The molecular weight excluding hydrogens is 351 g/mol. The summed E-state index contributed by atoms with van der Waals surface area (Å²) in [5.74, 6) is 0.488. The first-order valence-electron chi connectivity index (χ1n) is 6.35. The molecule has 2 aromatic carbocycles. The number of ether oxygens (including phenoxy) is 1. The highest BCUT2D eigenvalue weighted by molar-refractivity contribution is 9.10. The van der Waals surface area contributed by atoms with Crippen LogP contribution < -0.4 is 16.2 Å². The average molecular weight is 363 g/mol. The van der Waals surface area contributed by atoms with Crippen molar-refractivity contribution in [3.8, 4) is 17.1 Å². The van der Waals surface area contributed by atoms with Crippen molar-refractivity contribution in [3.63, 3.8) is 0 Å². The number of nitrogens with zero attached hydrogens (tertiary/aromatic N) is 2. The van der Waals surface area contributed by atoms with Crippen molar-refractivity contribution in [2.75, 3.05) is 18.6 Å². The number of hydrogen-bond donors (Lipinski definition) is 2. The molecule has 3 aromatic rings. The van der Waals surface area contributed by atoms with E-state index in [9.17, 15) is 4.39 Å². The quantitative estimate of drug-likeness (QED) is 0.682. The van der Waals surface area contributed by atoms with E-state index in [1.165, 1.54) is 13.2 Å². The van der Waals surface area contributed by atoms with Crippen LogP contribution in [0, 0.1) is 5.82 Å². The molecule has 0 unspecified atom stereocenters. The number of rotatable bonds is 2. The molecular formula is C15H12BrFN4O. The Balaban J connectivity index is 2.25. The SMILES string of the molecule is COc1cc2nc(-c3ccc(Br)cc3F)nc(N)c2cc1N. The number of fused-ring (bicyclic) bond motifs is 1. The van der Waals surface area contributed by atoms with E-state index in [0.29, 0.717) is 26.8 Å². The lowest BCUT2D eigenvalue weighted by Gasteiger charge is -2.10. The van der Waals surface area contributed by atoms with Crippen molar-refractivity contribution in [3.05, 3.63) is 40.6 Å². The fraction of sp³-hybridized carbons (Fsp3) is 0.0667. The van der Waals surface area contributed by atoms with Gasteiger partial charge >= 0.3 is 0 Å². The third-order valence-corrected chi connectivity index (χ3v) is 3.74. The highest BCUT2D eigenvalue weighted by Crippen LogP contribution is 2.31. The number of nitrogens with two attached hydrogens (primary N) is 2. The Labute approximate surface area is 134 Å². The first kappa shape index (κ1) is 14.5. The van der Waals surface area contributed by atoms with E-state index in [4.69, 9.17) is 16.2 Å². The van der Waals surface area contributed by atoms with Crippen LogP contribution >= 0.6 is 15.9 Å². The molecule has 5 nitrogen and oxygen atoms in total. The third-order valence-electron chi connectivity index (χ3n) is 3.25. The molecule has 0 saturated heterocycles. The second-order valence-electron chi connectivity index (χ2n) is 4.67. The van der Waals surface area contributed by atoms with E-state index in [1.54, 1.807) is 24.3 Å². The van der Waals surface area contributed by atoms with Gasteiger partial charge in [-0.15, -0.1) is 0 Å². The second-order valence-corrected chi connectivity index (χ2v) is 5.58. The third kappa shape index (κ3) is 2.43. The van der Waals surface area contributed by atoms with Gasteiger partial charge in [-0.25, -0.2) is 14.4 Å². The summed E-state index contributed by atoms with van der Waals surface area (Å²) in [7, 11) is 1.51. The molecule has 0 radical (unpaired) electrons. The summed E-state index contributed by atoms with van der Waals surface area (Å²) in [5.41, 5.74) is 13.1. The number of halogens is 2. The number of benzene rings is 2. The van der Waals surface area contributed by atoms with Crippen LogP contribution in [0.5, 0.6) is 5.75 Å². The van der Waals surface area contributed by atoms with Gasteiger partial charge in [0.05, 0.1) is 23.9 Å². The average Bonchev–Trinajstić information content (AvgIpc) is 2.47. The van der Waals surface area contributed by atoms with Crippen LogP contribution in [0.4, 0.5) is 15.9 Å². The van der Waals surface area contributed by atoms with Crippen LogP contribution in [0.1, 0.15) is 0 Å². The highest BCUT2D eigenvalue weighted by atomic mass is 79.9. The monoisotopic (exact) mass is 362 g/mol. The maximum atomic E-state index is 14.1. The standard InChI is InChI=1S/C15H12BrFN4O/c1-22-13-6-12-9(5-11(13)18)14(19)21-15(20-12)8-3-2-7(16)4-10(8)17/h2-6H,18H2,1H3,(H2,19,20,21). The molecule has 0 aliphatic carbocycles. The van der Waals surface area contributed by atoms with Crippen LogP contribution in [-0.4, -0.2) is 17.1 Å². The van der Waals surface area contributed by atoms with Crippen molar-refractivity contribution in [1.29, 1.82) is 0 Å². The predicted octanol–water partition coefficient (Wildman–Crippen LogP) is 3.37. The minimum atomic E-state index is -0.435. The molecule has 0 spiro atoms. The van der Waals surface area contributed by atoms with Gasteiger partial charge in [-0.05, 0) is 24.3 Å². The van der Waals surface area contributed by atoms with Crippen molar-refractivity contribution < 1.29 is 9.13 Å². The second kappa shape index (κ2) is 5.42. The van der Waals surface area contributed by atoms with E-state index in [-0.39, 0.29) is 17.2 Å². The van der Waals surface area contributed by atoms with Crippen molar-refractivity contribution in [2.45, 2.75) is 0 Å². The molecule has 112 valence electrons. The molecule has 22 heavy (non-hydrogen) atoms. The maximum Gasteiger partial charge on any atom is 0.165 e. The fourth-order valence-corrected chi connectivity index (χ4v) is 2.50. The molecule has 1 heterocycles. The summed E-state index contributed by atoms with van der Waals surface area (Å²) in [4.78, 5) is 8.54. The van der Waals surface area contributed by atoms with Crippen LogP contribution in [0.2, 0.25) is 0 Å². The van der Waals surface area contributed by atoms with Crippen molar-refractivity contribution in [2.24, 2.45) is 0 Å². The maximum absolute atomic E-state index is 14.1. The van der Waals surface area contributed by atoms with Crippen molar-refractivity contribution >= 4 is 38.3 Å². The van der Waals surface area contributed by atoms with Gasteiger partial charge in [-0.2, -0.15) is 0 Å². The van der Waals surface area contributed by atoms with Gasteiger partial charge in [0.1, 0.15) is 17.4 Å². The van der Waals surface area contributed by atoms with Gasteiger partial charge in [0.2, 0.25) is 0 Å². The minimum Gasteiger partial charge on any atom is -0.495 e. The Morgan fingerprint density at radius 2 is 1.91 bits per heavy atom. The Morgan fingerprint density at radius 1 is 1.14 bits per heavy atom. The van der Waals surface area contributed by atoms with E-state index in [0.717, 1.165) is 0 Å². The first-order chi connectivity index (χ1) is 10.5. The van der Waals surface area contributed by atoms with Crippen LogP contribution in [0.25, 0.3) is 22.3 Å². The lowest BCUT2D eigenvalue weighted by Crippen LogP contribution is -2.01. The van der Waals surface area contributed by atoms with Crippen molar-refractivity contribution in [1.82, 2.24) is 9.97 Å². The molecule has 0 fully saturated rings. The first-order valence-corrected chi connectivity index (χ1v) is 7.15. The molecule has 7 heteroatoms. The Hall–Kier alpha value is -2.41. The van der Waals surface area contributed by atoms with Crippen LogP contribution in [-0.2, 0) is 0 Å². The zero-order chi connectivity index (χ0) is 15.9. The zero-order valence-electron chi connectivity index (χ0n) is 11.6. The number of hydrogen-bond acceptors (Lipinski definition) is 5. The summed E-state index contributed by atoms with van der Waals surface area (Å²) in [6.45, 7) is 0. The summed E-state index contributed by atoms with van der Waals surface area (Å²) in [6.07, 6.45) is 0. The molecule has 0 atom stereocenters. The normalized spacial score (nSPS) is 10.9. The molecule has 0 aliphatic heterocycles. The van der Waals surface area contributed by atoms with E-state index in [1.807, 2.05) is 0 Å². The topological polar surface area (TPSA) is 87.0 Å². The molecule has 1 aromatic heterocycles. The molecule has 0 saturated carbocycles. The summed E-state index contributed by atoms with van der Waals surface area (Å²) in [5, 5.41) is 0.597. The van der Waals surface area contributed by atoms with E-state index in [2.05, 4.69) is 25.9 Å². The Bertz CT molecular complexity index is 885. The van der Waals surface area contributed by atoms with Crippen LogP contribution in [0.3, 0.4) is 0 Å². The lowest BCUT2D eigenvalue weighted by atomic mass is 10.1. The highest BCUT2D eigenvalue weighted by Gasteiger charge is 2.13. The minimum absolute atomic E-state index is 0.210. The van der Waals surface area contributed by atoms with E-state index >= 15 is 0 Å². The summed E-state index contributed by atoms with van der Waals surface area (Å²) in [6, 6.07) is 7.96. The molecule has 0 bridgehead atoms. The Kier molecular flexibility index (Phi) is 3.58. The van der Waals surface area contributed by atoms with Gasteiger partial charge in [0.15, 0.2) is 5.82 Å².